The van der Waals surface area contributed by atoms with Gasteiger partial charge in [0.2, 0.25) is 5.91 Å². The topological polar surface area (TPSA) is 100 Å². The number of nitrogens with zero attached hydrogens (tertiary/aromatic N) is 3. The van der Waals surface area contributed by atoms with Gasteiger partial charge in [-0.15, -0.1) is 0 Å². The van der Waals surface area contributed by atoms with Crippen LogP contribution in [0.25, 0.3) is 11.4 Å². The zero-order valence-electron chi connectivity index (χ0n) is 16.2. The molecule has 2 N–H and O–H groups in total. The average Bonchev–Trinajstić information content (AvgIpc) is 3.30. The van der Waals surface area contributed by atoms with E-state index < -0.39 is 5.54 Å². The van der Waals surface area contributed by atoms with Gasteiger partial charge in [-0.05, 0) is 30.2 Å². The van der Waals surface area contributed by atoms with Gasteiger partial charge in [-0.25, -0.2) is 0 Å². The van der Waals surface area contributed by atoms with E-state index in [2.05, 4.69) is 20.5 Å². The van der Waals surface area contributed by atoms with Crippen molar-refractivity contribution < 1.29 is 14.3 Å². The van der Waals surface area contributed by atoms with Crippen LogP contribution in [0.4, 0.5) is 0 Å². The van der Waals surface area contributed by atoms with Gasteiger partial charge >= 0.3 is 0 Å². The first-order valence-electron chi connectivity index (χ1n) is 9.90. The molecule has 2 aliphatic rings. The van der Waals surface area contributed by atoms with Crippen molar-refractivity contribution in [2.45, 2.75) is 18.1 Å². The van der Waals surface area contributed by atoms with Crippen LogP contribution < -0.4 is 5.32 Å². The highest BCUT2D eigenvalue weighted by atomic mass is 16.5. The van der Waals surface area contributed by atoms with Gasteiger partial charge in [-0.2, -0.15) is 5.10 Å². The second-order valence-electron chi connectivity index (χ2n) is 7.57. The number of hydrogen-bond donors (Lipinski definition) is 2. The van der Waals surface area contributed by atoms with Gasteiger partial charge in [0.05, 0.1) is 11.2 Å². The smallest absolute Gasteiger partial charge is 0.271 e. The van der Waals surface area contributed by atoms with Crippen molar-refractivity contribution in [1.82, 2.24) is 25.4 Å². The molecular formula is C22H21N5O3. The lowest BCUT2D eigenvalue weighted by Crippen LogP contribution is -2.67. The fourth-order valence-corrected chi connectivity index (χ4v) is 4.29. The molecule has 0 unspecified atom stereocenters. The minimum absolute atomic E-state index is 0.00480. The number of piperidine rings is 1. The van der Waals surface area contributed by atoms with E-state index in [-0.39, 0.29) is 24.5 Å². The maximum absolute atomic E-state index is 13.1. The van der Waals surface area contributed by atoms with Crippen molar-refractivity contribution in [1.29, 1.82) is 0 Å². The molecule has 0 saturated carbocycles. The first-order chi connectivity index (χ1) is 14.7. The Morgan fingerprint density at radius 1 is 1.13 bits per heavy atom. The number of pyridine rings is 1. The molecule has 2 amide bonds. The monoisotopic (exact) mass is 403 g/mol. The molecule has 2 atom stereocenters. The van der Waals surface area contributed by atoms with Gasteiger partial charge < -0.3 is 15.0 Å². The summed E-state index contributed by atoms with van der Waals surface area (Å²) in [6.45, 7) is 0.868. The number of nitrogens with one attached hydrogen (secondary N) is 2. The van der Waals surface area contributed by atoms with Gasteiger partial charge in [-0.3, -0.25) is 19.7 Å². The van der Waals surface area contributed by atoms with Crippen molar-refractivity contribution in [3.05, 3.63) is 72.1 Å². The van der Waals surface area contributed by atoms with Crippen LogP contribution in [0.2, 0.25) is 0 Å². The predicted octanol–water partition coefficient (Wildman–Crippen LogP) is 1.73. The van der Waals surface area contributed by atoms with E-state index in [4.69, 9.17) is 4.74 Å². The molecule has 3 aromatic rings. The Kier molecular flexibility index (Phi) is 4.55. The maximum atomic E-state index is 13.1. The Morgan fingerprint density at radius 3 is 2.77 bits per heavy atom. The fraction of sp³-hybridized carbons (Fsp3) is 0.273. The number of carbonyl (C=O) groups is 2. The lowest BCUT2D eigenvalue weighted by atomic mass is 9.77. The zero-order valence-corrected chi connectivity index (χ0v) is 16.2. The van der Waals surface area contributed by atoms with Crippen LogP contribution in [0, 0.1) is 0 Å². The molecule has 0 radical (unpaired) electrons. The number of aromatic nitrogens is 3. The normalized spacial score (nSPS) is 23.5. The number of morpholine rings is 1. The van der Waals surface area contributed by atoms with Crippen molar-refractivity contribution in [3.63, 3.8) is 0 Å². The summed E-state index contributed by atoms with van der Waals surface area (Å²) in [5, 5.41) is 10.2. The molecule has 8 nitrogen and oxygen atoms in total. The summed E-state index contributed by atoms with van der Waals surface area (Å²) in [5.74, 6) is -0.282. The summed E-state index contributed by atoms with van der Waals surface area (Å²) in [6.07, 6.45) is 1.93. The summed E-state index contributed by atoms with van der Waals surface area (Å²) in [6, 6.07) is 17.1. The number of H-pyrrole nitrogens is 1. The number of hydrogen-bond acceptors (Lipinski definition) is 5. The highest BCUT2D eigenvalue weighted by Crippen LogP contribution is 2.37. The highest BCUT2D eigenvalue weighted by Gasteiger charge is 2.50. The largest absolute Gasteiger partial charge is 0.364 e. The molecule has 0 bridgehead atoms. The van der Waals surface area contributed by atoms with Crippen LogP contribution in [0.1, 0.15) is 22.5 Å². The maximum Gasteiger partial charge on any atom is 0.271 e. The first-order valence-corrected chi connectivity index (χ1v) is 9.90. The number of benzene rings is 1. The molecule has 2 saturated heterocycles. The molecule has 5 rings (SSSR count). The highest BCUT2D eigenvalue weighted by molar-refractivity contribution is 5.93. The summed E-state index contributed by atoms with van der Waals surface area (Å²) < 4.78 is 5.90. The Morgan fingerprint density at radius 2 is 1.97 bits per heavy atom. The number of amides is 2. The minimum atomic E-state index is -0.625. The van der Waals surface area contributed by atoms with E-state index in [0.717, 1.165) is 5.56 Å². The Balaban J connectivity index is 1.38. The first kappa shape index (κ1) is 18.5. The van der Waals surface area contributed by atoms with Crippen LogP contribution in [-0.2, 0) is 15.1 Å². The molecule has 0 aliphatic carbocycles. The molecule has 2 fully saturated rings. The van der Waals surface area contributed by atoms with E-state index >= 15 is 0 Å². The molecular weight excluding hydrogens is 382 g/mol. The van der Waals surface area contributed by atoms with E-state index in [0.29, 0.717) is 36.6 Å². The molecule has 2 aliphatic heterocycles. The number of aromatic amines is 1. The van der Waals surface area contributed by atoms with Crippen molar-refractivity contribution in [2.75, 3.05) is 19.7 Å². The molecule has 0 spiro atoms. The van der Waals surface area contributed by atoms with Gasteiger partial charge in [0.15, 0.2) is 0 Å². The Bertz CT molecular complexity index is 1070. The van der Waals surface area contributed by atoms with Gasteiger partial charge in [-0.1, -0.05) is 36.4 Å². The van der Waals surface area contributed by atoms with Crippen LogP contribution >= 0.6 is 0 Å². The second-order valence-corrected chi connectivity index (χ2v) is 7.57. The van der Waals surface area contributed by atoms with E-state index in [1.54, 1.807) is 17.2 Å². The number of likely N-dealkylation sites (tertiary alicyclic amines) is 1. The predicted molar refractivity (Wildman–Crippen MR) is 108 cm³/mol. The lowest BCUT2D eigenvalue weighted by Gasteiger charge is -2.50. The molecule has 2 aromatic heterocycles. The van der Waals surface area contributed by atoms with E-state index in [1.165, 1.54) is 0 Å². The summed E-state index contributed by atoms with van der Waals surface area (Å²) in [5.41, 5.74) is 2.10. The van der Waals surface area contributed by atoms with Crippen molar-refractivity contribution in [3.8, 4) is 11.4 Å². The van der Waals surface area contributed by atoms with Crippen LogP contribution in [-0.4, -0.2) is 57.7 Å². The number of carbonyl (C=O) groups excluding carboxylic acids is 2. The van der Waals surface area contributed by atoms with Crippen LogP contribution in [0.15, 0.2) is 60.8 Å². The summed E-state index contributed by atoms with van der Waals surface area (Å²) >= 11 is 0. The van der Waals surface area contributed by atoms with Crippen molar-refractivity contribution in [2.24, 2.45) is 0 Å². The third-order valence-corrected chi connectivity index (χ3v) is 5.80. The van der Waals surface area contributed by atoms with Crippen molar-refractivity contribution >= 4 is 11.8 Å². The lowest BCUT2D eigenvalue weighted by molar-refractivity contribution is -0.150. The van der Waals surface area contributed by atoms with Gasteiger partial charge in [0, 0.05) is 19.3 Å². The van der Waals surface area contributed by atoms with Gasteiger partial charge in [0.1, 0.15) is 24.1 Å². The van der Waals surface area contributed by atoms with E-state index in [1.807, 2.05) is 48.5 Å². The molecule has 30 heavy (non-hydrogen) atoms. The van der Waals surface area contributed by atoms with Gasteiger partial charge in [0.25, 0.3) is 5.91 Å². The molecule has 8 heteroatoms. The quantitative estimate of drug-likeness (QED) is 0.694. The fourth-order valence-electron chi connectivity index (χ4n) is 4.29. The van der Waals surface area contributed by atoms with Crippen LogP contribution in [0.5, 0.6) is 0 Å². The van der Waals surface area contributed by atoms with Crippen LogP contribution in [0.3, 0.4) is 0 Å². The summed E-state index contributed by atoms with van der Waals surface area (Å²) in [7, 11) is 0. The third kappa shape index (κ3) is 3.15. The minimum Gasteiger partial charge on any atom is -0.364 e. The standard InChI is InChI=1S/C22H21N5O3/c28-20-14-30-19-13-27(11-9-22(19,24-20)15-6-2-1-3-7-15)21(29)18-12-17(25-26-18)16-8-4-5-10-23-16/h1-8,10,12,19H,9,11,13-14H2,(H,24,28)(H,25,26)/t19-,22+/m1/s1. The Labute approximate surface area is 173 Å². The number of ether oxygens (including phenoxy) is 1. The molecule has 152 valence electrons. The number of rotatable bonds is 3. The third-order valence-electron chi connectivity index (χ3n) is 5.80. The summed E-state index contributed by atoms with van der Waals surface area (Å²) in [4.78, 5) is 31.3. The van der Waals surface area contributed by atoms with E-state index in [9.17, 15) is 9.59 Å². The molecule has 4 heterocycles. The number of fused-ring (bicyclic) bond motifs is 1. The zero-order chi connectivity index (χ0) is 20.6. The second kappa shape index (κ2) is 7.38. The SMILES string of the molecule is O=C1CO[C@@H]2CN(C(=O)c3cc(-c4ccccn4)n[nH]3)CC[C@@]2(c2ccccc2)N1. The Hall–Kier alpha value is -3.52. The molecule has 1 aromatic carbocycles. The average molecular weight is 403 g/mol.